The first kappa shape index (κ1) is 33.0. The Bertz CT molecular complexity index is 2870. The minimum atomic E-state index is 0.630. The van der Waals surface area contributed by atoms with Crippen molar-refractivity contribution in [1.29, 1.82) is 0 Å². The van der Waals surface area contributed by atoms with Gasteiger partial charge in [-0.2, -0.15) is 0 Å². The number of anilines is 3. The highest BCUT2D eigenvalue weighted by Crippen LogP contribution is 2.44. The zero-order valence-corrected chi connectivity index (χ0v) is 30.4. The van der Waals surface area contributed by atoms with Gasteiger partial charge in [0.25, 0.3) is 0 Å². The summed E-state index contributed by atoms with van der Waals surface area (Å²) < 4.78 is 2.36. The maximum Gasteiger partial charge on any atom is 0.164 e. The van der Waals surface area contributed by atoms with Crippen LogP contribution in [0.1, 0.15) is 0 Å². The zero-order chi connectivity index (χ0) is 37.3. The van der Waals surface area contributed by atoms with Crippen molar-refractivity contribution in [2.75, 3.05) is 4.90 Å². The van der Waals surface area contributed by atoms with Gasteiger partial charge in [0.15, 0.2) is 17.5 Å². The van der Waals surface area contributed by atoms with Gasteiger partial charge >= 0.3 is 0 Å². The first-order valence-corrected chi connectivity index (χ1v) is 18.8. The fraction of sp³-hybridized carbons (Fsp3) is 0. The van der Waals surface area contributed by atoms with E-state index in [2.05, 4.69) is 161 Å². The maximum atomic E-state index is 4.97. The van der Waals surface area contributed by atoms with Crippen molar-refractivity contribution in [2.24, 2.45) is 0 Å². The van der Waals surface area contributed by atoms with E-state index in [0.29, 0.717) is 17.5 Å². The summed E-state index contributed by atoms with van der Waals surface area (Å²) in [6, 6.07) is 74.0. The van der Waals surface area contributed by atoms with Crippen LogP contribution in [0.25, 0.3) is 72.8 Å². The average molecular weight is 718 g/mol. The Morgan fingerprint density at radius 1 is 0.321 bits per heavy atom. The lowest BCUT2D eigenvalue weighted by molar-refractivity contribution is 1.07. The van der Waals surface area contributed by atoms with Crippen LogP contribution in [0.15, 0.2) is 212 Å². The normalized spacial score (nSPS) is 11.2. The number of para-hydroxylation sites is 2. The summed E-state index contributed by atoms with van der Waals surface area (Å²) >= 11 is 0. The number of benzene rings is 8. The lowest BCUT2D eigenvalue weighted by atomic mass is 10.0. The number of nitrogens with zero attached hydrogens (tertiary/aromatic N) is 5. The molecule has 0 aliphatic heterocycles. The Balaban J connectivity index is 1.10. The van der Waals surface area contributed by atoms with Crippen molar-refractivity contribution in [3.8, 4) is 51.0 Å². The van der Waals surface area contributed by atoms with E-state index in [0.717, 1.165) is 50.5 Å². The molecule has 0 saturated carbocycles. The average Bonchev–Trinajstić information content (AvgIpc) is 3.63. The van der Waals surface area contributed by atoms with Crippen LogP contribution >= 0.6 is 0 Å². The molecule has 0 saturated heterocycles. The zero-order valence-electron chi connectivity index (χ0n) is 30.4. The van der Waals surface area contributed by atoms with E-state index < -0.39 is 0 Å². The third-order valence-electron chi connectivity index (χ3n) is 10.2. The van der Waals surface area contributed by atoms with Crippen LogP contribution in [0.4, 0.5) is 17.1 Å². The summed E-state index contributed by atoms with van der Waals surface area (Å²) in [5.74, 6) is 1.92. The summed E-state index contributed by atoms with van der Waals surface area (Å²) in [6.45, 7) is 0. The van der Waals surface area contributed by atoms with E-state index in [9.17, 15) is 0 Å². The van der Waals surface area contributed by atoms with Crippen molar-refractivity contribution < 1.29 is 0 Å². The predicted octanol–water partition coefficient (Wildman–Crippen LogP) is 13.1. The summed E-state index contributed by atoms with van der Waals surface area (Å²) in [6.07, 6.45) is 0. The molecule has 5 nitrogen and oxygen atoms in total. The molecule has 2 heterocycles. The molecule has 0 aliphatic rings. The second-order valence-electron chi connectivity index (χ2n) is 13.7. The summed E-state index contributed by atoms with van der Waals surface area (Å²) in [7, 11) is 0. The second-order valence-corrected chi connectivity index (χ2v) is 13.7. The standard InChI is InChI=1S/C51H35N5/c1-5-16-36(17-6-1)37-28-32-42(33-29-37)55(41-22-11-4-12-23-41)46-26-15-27-47-48(46)44-24-13-14-25-45(44)56(47)43-34-30-40(31-35-43)51-53-49(38-18-7-2-8-19-38)52-50(54-51)39-20-9-3-10-21-39/h1-35H. The lowest BCUT2D eigenvalue weighted by Crippen LogP contribution is -2.10. The molecule has 56 heavy (non-hydrogen) atoms. The SMILES string of the molecule is c1ccc(-c2ccc(N(c3ccccc3)c3cccc4c3c3ccccc3n4-c3ccc(-c4nc(-c5ccccc5)nc(-c5ccccc5)n4)cc3)cc2)cc1. The topological polar surface area (TPSA) is 46.8 Å². The summed E-state index contributed by atoms with van der Waals surface area (Å²) in [5.41, 5.74) is 11.8. The molecule has 0 fully saturated rings. The number of hydrogen-bond donors (Lipinski definition) is 0. The van der Waals surface area contributed by atoms with Gasteiger partial charge in [0, 0.05) is 44.5 Å². The first-order valence-electron chi connectivity index (χ1n) is 18.8. The molecule has 0 spiro atoms. The van der Waals surface area contributed by atoms with E-state index in [1.165, 1.54) is 21.9 Å². The van der Waals surface area contributed by atoms with Crippen LogP contribution < -0.4 is 4.90 Å². The van der Waals surface area contributed by atoms with Gasteiger partial charge in [-0.05, 0) is 77.9 Å². The minimum absolute atomic E-state index is 0.630. The Morgan fingerprint density at radius 2 is 0.750 bits per heavy atom. The molecule has 10 aromatic rings. The van der Waals surface area contributed by atoms with Crippen LogP contribution in [0, 0.1) is 0 Å². The van der Waals surface area contributed by atoms with E-state index in [4.69, 9.17) is 15.0 Å². The molecular formula is C51H35N5. The van der Waals surface area contributed by atoms with Crippen LogP contribution in [0.2, 0.25) is 0 Å². The molecule has 0 atom stereocenters. The third-order valence-corrected chi connectivity index (χ3v) is 10.2. The van der Waals surface area contributed by atoms with Gasteiger partial charge in [0.05, 0.1) is 16.7 Å². The van der Waals surface area contributed by atoms with Crippen molar-refractivity contribution >= 4 is 38.9 Å². The summed E-state index contributed by atoms with van der Waals surface area (Å²) in [4.78, 5) is 17.2. The van der Waals surface area contributed by atoms with Crippen molar-refractivity contribution in [3.63, 3.8) is 0 Å². The lowest BCUT2D eigenvalue weighted by Gasteiger charge is -2.26. The maximum absolute atomic E-state index is 4.97. The van der Waals surface area contributed by atoms with E-state index in [1.807, 2.05) is 60.7 Å². The van der Waals surface area contributed by atoms with Crippen molar-refractivity contribution in [2.45, 2.75) is 0 Å². The van der Waals surface area contributed by atoms with E-state index in [-0.39, 0.29) is 0 Å². The Morgan fingerprint density at radius 3 is 1.34 bits per heavy atom. The quantitative estimate of drug-likeness (QED) is 0.157. The molecule has 264 valence electrons. The number of rotatable bonds is 8. The smallest absolute Gasteiger partial charge is 0.164 e. The van der Waals surface area contributed by atoms with Gasteiger partial charge in [0.2, 0.25) is 0 Å². The van der Waals surface area contributed by atoms with Gasteiger partial charge in [-0.1, -0.05) is 146 Å². The molecule has 0 aliphatic carbocycles. The van der Waals surface area contributed by atoms with Crippen molar-refractivity contribution in [1.82, 2.24) is 19.5 Å². The molecular weight excluding hydrogens is 683 g/mol. The Labute approximate surface area is 325 Å². The minimum Gasteiger partial charge on any atom is -0.310 e. The van der Waals surface area contributed by atoms with E-state index in [1.54, 1.807) is 0 Å². The van der Waals surface area contributed by atoms with Crippen LogP contribution in [-0.2, 0) is 0 Å². The van der Waals surface area contributed by atoms with E-state index >= 15 is 0 Å². The van der Waals surface area contributed by atoms with Crippen LogP contribution in [-0.4, -0.2) is 19.5 Å². The van der Waals surface area contributed by atoms with Gasteiger partial charge in [-0.25, -0.2) is 15.0 Å². The number of aromatic nitrogens is 4. The molecule has 0 radical (unpaired) electrons. The number of hydrogen-bond acceptors (Lipinski definition) is 4. The molecule has 2 aromatic heterocycles. The molecule has 5 heteroatoms. The molecule has 0 bridgehead atoms. The Hall–Kier alpha value is -7.63. The van der Waals surface area contributed by atoms with Gasteiger partial charge < -0.3 is 9.47 Å². The van der Waals surface area contributed by atoms with Gasteiger partial charge in [-0.15, -0.1) is 0 Å². The fourth-order valence-corrected chi connectivity index (χ4v) is 7.60. The highest BCUT2D eigenvalue weighted by molar-refractivity contribution is 6.16. The second kappa shape index (κ2) is 14.3. The molecule has 10 rings (SSSR count). The monoisotopic (exact) mass is 717 g/mol. The Kier molecular flexibility index (Phi) is 8.43. The highest BCUT2D eigenvalue weighted by Gasteiger charge is 2.21. The van der Waals surface area contributed by atoms with Crippen LogP contribution in [0.3, 0.4) is 0 Å². The molecule has 0 unspecified atom stereocenters. The van der Waals surface area contributed by atoms with Crippen LogP contribution in [0.5, 0.6) is 0 Å². The third kappa shape index (κ3) is 6.07. The largest absolute Gasteiger partial charge is 0.310 e. The van der Waals surface area contributed by atoms with Gasteiger partial charge in [0.1, 0.15) is 0 Å². The predicted molar refractivity (Wildman–Crippen MR) is 231 cm³/mol. The fourth-order valence-electron chi connectivity index (χ4n) is 7.60. The number of fused-ring (bicyclic) bond motifs is 3. The van der Waals surface area contributed by atoms with Crippen molar-refractivity contribution in [3.05, 3.63) is 212 Å². The molecule has 8 aromatic carbocycles. The first-order chi connectivity index (χ1) is 27.8. The van der Waals surface area contributed by atoms with Gasteiger partial charge in [-0.3, -0.25) is 0 Å². The molecule has 0 amide bonds. The molecule has 0 N–H and O–H groups in total. The highest BCUT2D eigenvalue weighted by atomic mass is 15.1. The summed E-state index contributed by atoms with van der Waals surface area (Å²) in [5, 5.41) is 2.36.